The second-order valence-electron chi connectivity index (χ2n) is 6.36. The lowest BCUT2D eigenvalue weighted by Crippen LogP contribution is -2.27. The van der Waals surface area contributed by atoms with Crippen LogP contribution in [-0.4, -0.2) is 69.1 Å². The molecule has 8 nitrogen and oxygen atoms in total. The Hall–Kier alpha value is -2.00. The highest BCUT2D eigenvalue weighted by Gasteiger charge is 2.13. The summed E-state index contributed by atoms with van der Waals surface area (Å²) in [6.07, 6.45) is 2.65. The van der Waals surface area contributed by atoms with Crippen LogP contribution in [0.1, 0.15) is 46.4 Å². The molecule has 8 heteroatoms. The second kappa shape index (κ2) is 15.1. The maximum absolute atomic E-state index is 11.9. The van der Waals surface area contributed by atoms with Crippen LogP contribution in [0.25, 0.3) is 0 Å². The van der Waals surface area contributed by atoms with Crippen molar-refractivity contribution in [1.82, 2.24) is 4.90 Å². The molecule has 0 amide bonds. The number of nitrogens with two attached hydrogens (primary N) is 2. The number of carbonyl (C=O) groups excluding carboxylic acids is 2. The third-order valence-electron chi connectivity index (χ3n) is 3.13. The SMILES string of the molecule is CN(C)C.NCCCCCC(N)OC(=O)c1ccc(C(=O)OCCO)cc1. The maximum atomic E-state index is 11.9. The quantitative estimate of drug-likeness (QED) is 0.310. The van der Waals surface area contributed by atoms with Gasteiger partial charge in [-0.25, -0.2) is 9.59 Å². The van der Waals surface area contributed by atoms with Gasteiger partial charge in [0.05, 0.1) is 17.7 Å². The van der Waals surface area contributed by atoms with E-state index in [1.165, 1.54) is 24.3 Å². The number of aliphatic hydroxyl groups excluding tert-OH is 1. The number of unbranched alkanes of at least 4 members (excludes halogenated alkanes) is 2. The monoisotopic (exact) mass is 383 g/mol. The summed E-state index contributed by atoms with van der Waals surface area (Å²) >= 11 is 0. The average molecular weight is 383 g/mol. The summed E-state index contributed by atoms with van der Waals surface area (Å²) in [5.41, 5.74) is 11.8. The van der Waals surface area contributed by atoms with Gasteiger partial charge in [-0.3, -0.25) is 5.73 Å². The molecule has 0 spiro atoms. The largest absolute Gasteiger partial charge is 0.460 e. The highest BCUT2D eigenvalue weighted by molar-refractivity contribution is 5.93. The number of hydrogen-bond donors (Lipinski definition) is 3. The van der Waals surface area contributed by atoms with Crippen molar-refractivity contribution in [2.24, 2.45) is 11.5 Å². The van der Waals surface area contributed by atoms with E-state index < -0.39 is 18.2 Å². The average Bonchev–Trinajstić information content (AvgIpc) is 2.63. The molecule has 0 saturated heterocycles. The third kappa shape index (κ3) is 12.9. The lowest BCUT2D eigenvalue weighted by molar-refractivity contribution is 0.0290. The van der Waals surface area contributed by atoms with Crippen molar-refractivity contribution in [2.75, 3.05) is 40.9 Å². The van der Waals surface area contributed by atoms with E-state index in [0.29, 0.717) is 24.1 Å². The fourth-order valence-electron chi connectivity index (χ4n) is 1.90. The van der Waals surface area contributed by atoms with Gasteiger partial charge in [0.1, 0.15) is 6.61 Å². The Kier molecular flexibility index (Phi) is 14.0. The zero-order valence-corrected chi connectivity index (χ0v) is 16.5. The van der Waals surface area contributed by atoms with Crippen molar-refractivity contribution >= 4 is 11.9 Å². The van der Waals surface area contributed by atoms with Crippen LogP contribution in [0.15, 0.2) is 24.3 Å². The van der Waals surface area contributed by atoms with Gasteiger partial charge >= 0.3 is 11.9 Å². The third-order valence-corrected chi connectivity index (χ3v) is 3.13. The van der Waals surface area contributed by atoms with Crippen molar-refractivity contribution in [1.29, 1.82) is 0 Å². The topological polar surface area (TPSA) is 128 Å². The van der Waals surface area contributed by atoms with Gasteiger partial charge in [-0.1, -0.05) is 6.42 Å². The van der Waals surface area contributed by atoms with Crippen LogP contribution in [-0.2, 0) is 9.47 Å². The van der Waals surface area contributed by atoms with Gasteiger partial charge in [0.2, 0.25) is 0 Å². The Morgan fingerprint density at radius 1 is 1.04 bits per heavy atom. The number of aliphatic hydroxyl groups is 1. The summed E-state index contributed by atoms with van der Waals surface area (Å²) in [5, 5.41) is 8.60. The highest BCUT2D eigenvalue weighted by Crippen LogP contribution is 2.10. The normalized spacial score (nSPS) is 11.4. The minimum Gasteiger partial charge on any atom is -0.460 e. The molecule has 0 aliphatic carbocycles. The number of nitrogens with zero attached hydrogens (tertiary/aromatic N) is 1. The summed E-state index contributed by atoms with van der Waals surface area (Å²) in [6.45, 7) is 0.336. The number of esters is 2. The van der Waals surface area contributed by atoms with Gasteiger partial charge in [0.25, 0.3) is 0 Å². The molecule has 0 radical (unpaired) electrons. The van der Waals surface area contributed by atoms with E-state index in [2.05, 4.69) is 0 Å². The molecule has 27 heavy (non-hydrogen) atoms. The molecule has 0 aliphatic heterocycles. The van der Waals surface area contributed by atoms with E-state index in [0.717, 1.165) is 19.3 Å². The summed E-state index contributed by atoms with van der Waals surface area (Å²) in [7, 11) is 6.00. The van der Waals surface area contributed by atoms with Crippen molar-refractivity contribution in [3.8, 4) is 0 Å². The first-order valence-corrected chi connectivity index (χ1v) is 8.97. The van der Waals surface area contributed by atoms with Gasteiger partial charge in [-0.05, 0) is 71.2 Å². The minimum absolute atomic E-state index is 0.0678. The molecular formula is C19H33N3O5. The summed E-state index contributed by atoms with van der Waals surface area (Å²) in [6, 6.07) is 5.87. The Morgan fingerprint density at radius 3 is 2.04 bits per heavy atom. The summed E-state index contributed by atoms with van der Waals surface area (Å²) < 4.78 is 9.91. The molecular weight excluding hydrogens is 350 g/mol. The number of rotatable bonds is 10. The molecule has 1 rings (SSSR count). The van der Waals surface area contributed by atoms with Gasteiger partial charge in [-0.2, -0.15) is 0 Å². The maximum Gasteiger partial charge on any atom is 0.339 e. The predicted octanol–water partition coefficient (Wildman–Crippen LogP) is 0.974. The van der Waals surface area contributed by atoms with Crippen LogP contribution in [0.3, 0.4) is 0 Å². The smallest absolute Gasteiger partial charge is 0.339 e. The first-order valence-electron chi connectivity index (χ1n) is 8.97. The molecule has 0 aliphatic rings. The first kappa shape index (κ1) is 25.0. The number of hydrogen-bond acceptors (Lipinski definition) is 8. The lowest BCUT2D eigenvalue weighted by atomic mass is 10.1. The van der Waals surface area contributed by atoms with E-state index in [4.69, 9.17) is 26.0 Å². The molecule has 0 saturated carbocycles. The Bertz CT molecular complexity index is 532. The Morgan fingerprint density at radius 2 is 1.56 bits per heavy atom. The zero-order chi connectivity index (χ0) is 20.7. The van der Waals surface area contributed by atoms with Crippen LogP contribution in [0.5, 0.6) is 0 Å². The van der Waals surface area contributed by atoms with Crippen LogP contribution < -0.4 is 11.5 Å². The van der Waals surface area contributed by atoms with Crippen LogP contribution in [0, 0.1) is 0 Å². The number of benzene rings is 1. The van der Waals surface area contributed by atoms with E-state index >= 15 is 0 Å². The molecule has 0 heterocycles. The molecule has 5 N–H and O–H groups in total. The fourth-order valence-corrected chi connectivity index (χ4v) is 1.90. The van der Waals surface area contributed by atoms with Crippen LogP contribution in [0.4, 0.5) is 0 Å². The molecule has 0 aromatic heterocycles. The van der Waals surface area contributed by atoms with E-state index in [1.54, 1.807) is 0 Å². The number of ether oxygens (including phenoxy) is 2. The Labute approximate surface area is 161 Å². The fraction of sp³-hybridized carbons (Fsp3) is 0.579. The predicted molar refractivity (Wildman–Crippen MR) is 104 cm³/mol. The van der Waals surface area contributed by atoms with E-state index in [1.807, 2.05) is 26.0 Å². The molecule has 0 fully saturated rings. The van der Waals surface area contributed by atoms with Crippen molar-refractivity contribution < 1.29 is 24.2 Å². The van der Waals surface area contributed by atoms with Gasteiger partial charge in [0.15, 0.2) is 6.23 Å². The minimum atomic E-state index is -0.658. The van der Waals surface area contributed by atoms with Crippen LogP contribution in [0.2, 0.25) is 0 Å². The molecule has 1 aromatic rings. The standard InChI is InChI=1S/C16H24N2O5.C3H9N/c17-9-3-1-2-4-14(18)23-16(21)13-7-5-12(6-8-13)15(20)22-11-10-19;1-4(2)3/h5-8,14,19H,1-4,9-11,17-18H2;1-3H3. The van der Waals surface area contributed by atoms with Crippen molar-refractivity contribution in [3.05, 3.63) is 35.4 Å². The Balaban J connectivity index is 0.00000153. The van der Waals surface area contributed by atoms with Crippen molar-refractivity contribution in [3.63, 3.8) is 0 Å². The lowest BCUT2D eigenvalue weighted by Gasteiger charge is -2.13. The zero-order valence-electron chi connectivity index (χ0n) is 16.5. The summed E-state index contributed by atoms with van der Waals surface area (Å²) in [4.78, 5) is 25.5. The second-order valence-corrected chi connectivity index (χ2v) is 6.36. The molecule has 154 valence electrons. The van der Waals surface area contributed by atoms with E-state index in [9.17, 15) is 9.59 Å². The summed E-state index contributed by atoms with van der Waals surface area (Å²) in [5.74, 6) is -1.10. The van der Waals surface area contributed by atoms with E-state index in [-0.39, 0.29) is 13.2 Å². The molecule has 0 bridgehead atoms. The highest BCUT2D eigenvalue weighted by atomic mass is 16.6. The van der Waals surface area contributed by atoms with Gasteiger partial charge in [0, 0.05) is 0 Å². The number of carbonyl (C=O) groups is 2. The first-order chi connectivity index (χ1) is 12.8. The van der Waals surface area contributed by atoms with Gasteiger partial charge < -0.3 is 25.2 Å². The molecule has 1 unspecified atom stereocenters. The molecule has 1 aromatic carbocycles. The van der Waals surface area contributed by atoms with Crippen LogP contribution >= 0.6 is 0 Å². The molecule has 1 atom stereocenters. The van der Waals surface area contributed by atoms with Crippen molar-refractivity contribution in [2.45, 2.75) is 31.9 Å². The van der Waals surface area contributed by atoms with Gasteiger partial charge in [-0.15, -0.1) is 0 Å².